The van der Waals surface area contributed by atoms with E-state index < -0.39 is 42.9 Å². The lowest BCUT2D eigenvalue weighted by molar-refractivity contribution is -0.147. The fraction of sp³-hybridized carbons (Fsp3) is 0.217. The zero-order valence-corrected chi connectivity index (χ0v) is 18.0. The first-order chi connectivity index (χ1) is 15.3. The first-order valence-corrected chi connectivity index (χ1v) is 10.5. The molecule has 0 fully saturated rings. The van der Waals surface area contributed by atoms with E-state index in [0.29, 0.717) is 0 Å². The van der Waals surface area contributed by atoms with Gasteiger partial charge in [0.1, 0.15) is 12.6 Å². The van der Waals surface area contributed by atoms with Crippen LogP contribution in [0.4, 0.5) is 4.79 Å². The summed E-state index contributed by atoms with van der Waals surface area (Å²) in [5.41, 5.74) is 2.21. The largest absolute Gasteiger partial charge is 0.481 e. The van der Waals surface area contributed by atoms with E-state index in [-0.39, 0.29) is 6.61 Å². The van der Waals surface area contributed by atoms with Crippen molar-refractivity contribution >= 4 is 45.2 Å². The summed E-state index contributed by atoms with van der Waals surface area (Å²) in [6.07, 6.45) is -1.57. The molecule has 3 aromatic rings. The number of esters is 1. The molecule has 8 nitrogen and oxygen atoms in total. The van der Waals surface area contributed by atoms with Gasteiger partial charge in [-0.1, -0.05) is 48.5 Å². The van der Waals surface area contributed by atoms with Gasteiger partial charge in [0.25, 0.3) is 0 Å². The lowest BCUT2D eigenvalue weighted by Crippen LogP contribution is -2.44. The van der Waals surface area contributed by atoms with E-state index >= 15 is 0 Å². The maximum atomic E-state index is 11.8. The van der Waals surface area contributed by atoms with Crippen LogP contribution in [-0.2, 0) is 30.5 Å². The highest BCUT2D eigenvalue weighted by molar-refractivity contribution is 7.26. The Morgan fingerprint density at radius 2 is 1.78 bits per heavy atom. The van der Waals surface area contributed by atoms with E-state index in [1.54, 1.807) is 30.3 Å². The summed E-state index contributed by atoms with van der Waals surface area (Å²) >= 11 is 1.91. The number of rotatable bonds is 8. The van der Waals surface area contributed by atoms with Gasteiger partial charge in [-0.15, -0.1) is 11.3 Å². The van der Waals surface area contributed by atoms with Gasteiger partial charge < -0.3 is 19.9 Å². The van der Waals surface area contributed by atoms with E-state index in [0.717, 1.165) is 12.5 Å². The predicted molar refractivity (Wildman–Crippen MR) is 118 cm³/mol. The molecule has 1 aliphatic carbocycles. The Hall–Kier alpha value is -3.72. The first-order valence-electron chi connectivity index (χ1n) is 9.71. The molecule has 4 bridgehead atoms. The normalized spacial score (nSPS) is 11.5. The molecule has 2 aromatic carbocycles. The molecule has 32 heavy (non-hydrogen) atoms. The highest BCUT2D eigenvalue weighted by Crippen LogP contribution is 2.47. The number of carboxylic acid groups (broad SMARTS) is 1. The predicted octanol–water partition coefficient (Wildman–Crippen LogP) is 3.77. The fourth-order valence-corrected chi connectivity index (χ4v) is 4.01. The molecule has 0 spiro atoms. The number of carboxylic acids is 1. The first kappa shape index (κ1) is 23.0. The molecule has 9 heteroatoms. The van der Waals surface area contributed by atoms with Gasteiger partial charge in [0, 0.05) is 22.1 Å². The highest BCUT2D eigenvalue weighted by Gasteiger charge is 2.25. The average Bonchev–Trinajstić information content (AvgIpc) is 3.27. The highest BCUT2D eigenvalue weighted by atomic mass is 32.1. The number of thiophene rings is 1. The molecule has 1 unspecified atom stereocenters. The van der Waals surface area contributed by atoms with Crippen molar-refractivity contribution in [2.75, 3.05) is 6.61 Å². The van der Waals surface area contributed by atoms with E-state index in [2.05, 4.69) is 34.3 Å². The van der Waals surface area contributed by atoms with Gasteiger partial charge in [-0.2, -0.15) is 0 Å². The molecule has 2 aliphatic rings. The zero-order valence-electron chi connectivity index (χ0n) is 17.2. The van der Waals surface area contributed by atoms with Gasteiger partial charge in [-0.25, -0.2) is 4.79 Å². The van der Waals surface area contributed by atoms with Gasteiger partial charge in [-0.05, 0) is 17.0 Å². The maximum Gasteiger partial charge on any atom is 0.408 e. The van der Waals surface area contributed by atoms with Crippen LogP contribution in [0.5, 0.6) is 0 Å². The fourth-order valence-electron chi connectivity index (χ4n) is 2.94. The number of aliphatic carboxylic acids is 1. The van der Waals surface area contributed by atoms with Crippen molar-refractivity contribution in [3.05, 3.63) is 60.2 Å². The number of carbonyl (C=O) groups excluding carboxylic acids is 3. The monoisotopic (exact) mass is 455 g/mol. The average molecular weight is 455 g/mol. The standard InChI is InChI=1S/C15H17NO7.C8H4S/c1-10(17)22-9-13(18)12(7-14(19)20)16-15(21)23-8-11-5-3-2-4-6-11;1-2-5-4-7-6(3-1)8(5)9-7/h2-6,12H,7-9H2,1H3,(H,16,21)(H,19,20);1-4H. The number of nitrogens with one attached hydrogen (secondary N) is 1. The van der Waals surface area contributed by atoms with Crippen LogP contribution in [0.3, 0.4) is 0 Å². The molecule has 2 heterocycles. The van der Waals surface area contributed by atoms with E-state index in [1.165, 1.54) is 20.5 Å². The summed E-state index contributed by atoms with van der Waals surface area (Å²) < 4.78 is 10.9. The van der Waals surface area contributed by atoms with Gasteiger partial charge in [0.05, 0.1) is 6.42 Å². The van der Waals surface area contributed by atoms with Gasteiger partial charge >= 0.3 is 18.0 Å². The van der Waals surface area contributed by atoms with Crippen molar-refractivity contribution in [1.82, 2.24) is 5.32 Å². The van der Waals surface area contributed by atoms with Crippen LogP contribution in [0, 0.1) is 0 Å². The molecular weight excluding hydrogens is 434 g/mol. The van der Waals surface area contributed by atoms with E-state index in [1.807, 2.05) is 11.3 Å². The lowest BCUT2D eigenvalue weighted by Gasteiger charge is -2.15. The Bertz CT molecular complexity index is 1140. The number of hydrogen-bond acceptors (Lipinski definition) is 7. The van der Waals surface area contributed by atoms with Crippen LogP contribution < -0.4 is 5.32 Å². The van der Waals surface area contributed by atoms with Crippen molar-refractivity contribution in [2.24, 2.45) is 0 Å². The minimum Gasteiger partial charge on any atom is -0.481 e. The third kappa shape index (κ3) is 6.14. The van der Waals surface area contributed by atoms with Crippen molar-refractivity contribution < 1.29 is 33.8 Å². The molecule has 166 valence electrons. The quantitative estimate of drug-likeness (QED) is 0.388. The molecule has 0 saturated heterocycles. The van der Waals surface area contributed by atoms with Gasteiger partial charge in [-0.3, -0.25) is 14.4 Å². The number of ketones is 1. The zero-order chi connectivity index (χ0) is 23.1. The number of alkyl carbamates (subject to hydrolysis) is 1. The molecule has 1 aromatic heterocycles. The van der Waals surface area contributed by atoms with Crippen molar-refractivity contribution in [1.29, 1.82) is 0 Å². The molecule has 0 saturated carbocycles. The van der Waals surface area contributed by atoms with Crippen LogP contribution in [0.1, 0.15) is 18.9 Å². The minimum absolute atomic E-state index is 0.0232. The Morgan fingerprint density at radius 1 is 1.03 bits per heavy atom. The summed E-state index contributed by atoms with van der Waals surface area (Å²) in [5, 5.41) is 12.4. The van der Waals surface area contributed by atoms with E-state index in [4.69, 9.17) is 9.84 Å². The Kier molecular flexibility index (Phi) is 7.56. The maximum absolute atomic E-state index is 11.8. The number of Topliss-reactive ketones (excluding diaryl/α,β-unsaturated/α-hetero) is 1. The molecule has 1 atom stereocenters. The van der Waals surface area contributed by atoms with Crippen molar-refractivity contribution in [2.45, 2.75) is 26.0 Å². The van der Waals surface area contributed by atoms with Crippen LogP contribution in [0.25, 0.3) is 20.5 Å². The van der Waals surface area contributed by atoms with Crippen LogP contribution in [-0.4, -0.2) is 41.6 Å². The Balaban J connectivity index is 0.000000258. The summed E-state index contributed by atoms with van der Waals surface area (Å²) in [6, 6.07) is 16.2. The number of amides is 1. The minimum atomic E-state index is -1.34. The van der Waals surface area contributed by atoms with Crippen molar-refractivity contribution in [3.63, 3.8) is 0 Å². The second kappa shape index (κ2) is 10.5. The number of benzene rings is 2. The van der Waals surface area contributed by atoms with Gasteiger partial charge in [0.2, 0.25) is 0 Å². The summed E-state index contributed by atoms with van der Waals surface area (Å²) in [7, 11) is 0. The Morgan fingerprint density at radius 3 is 2.41 bits per heavy atom. The smallest absolute Gasteiger partial charge is 0.408 e. The summed E-state index contributed by atoms with van der Waals surface area (Å²) in [5.74, 6) is -2.70. The second-order valence-electron chi connectivity index (χ2n) is 6.94. The van der Waals surface area contributed by atoms with Crippen LogP contribution in [0.15, 0.2) is 54.6 Å². The number of ether oxygens (including phenoxy) is 2. The van der Waals surface area contributed by atoms with Gasteiger partial charge in [0.15, 0.2) is 12.4 Å². The Labute approximate surface area is 187 Å². The van der Waals surface area contributed by atoms with Crippen LogP contribution >= 0.6 is 11.3 Å². The SMILES string of the molecule is CC(=O)OCC(=O)C(CC(=O)O)NC(=O)OCc1ccccc1.c1cc2c3sc-2cc3c1. The molecule has 0 radical (unpaired) electrons. The molecule has 5 rings (SSSR count). The van der Waals surface area contributed by atoms with Crippen molar-refractivity contribution in [3.8, 4) is 10.4 Å². The number of hydrogen-bond donors (Lipinski definition) is 2. The molecule has 2 N–H and O–H groups in total. The third-order valence-electron chi connectivity index (χ3n) is 4.50. The second-order valence-corrected chi connectivity index (χ2v) is 7.99. The summed E-state index contributed by atoms with van der Waals surface area (Å²) in [6.45, 7) is 0.470. The molecular formula is C23H21NO7S. The van der Waals surface area contributed by atoms with E-state index in [9.17, 15) is 19.2 Å². The van der Waals surface area contributed by atoms with Crippen LogP contribution in [0.2, 0.25) is 0 Å². The third-order valence-corrected chi connectivity index (χ3v) is 5.72. The molecule has 1 amide bonds. The topological polar surface area (TPSA) is 119 Å². The summed E-state index contributed by atoms with van der Waals surface area (Å²) in [4.78, 5) is 46.3. The lowest BCUT2D eigenvalue weighted by atomic mass is 10.1. The molecule has 1 aliphatic heterocycles. The number of carbonyl (C=O) groups is 4.